The third-order valence-corrected chi connectivity index (χ3v) is 2.61. The van der Waals surface area contributed by atoms with Gasteiger partial charge in [0.15, 0.2) is 0 Å². The van der Waals surface area contributed by atoms with Gasteiger partial charge in [-0.2, -0.15) is 4.98 Å². The van der Waals surface area contributed by atoms with Crippen LogP contribution >= 0.6 is 0 Å². The highest BCUT2D eigenvalue weighted by Gasteiger charge is 2.19. The first-order valence-electron chi connectivity index (χ1n) is 6.25. The number of hydrogen-bond donors (Lipinski definition) is 3. The fourth-order valence-corrected chi connectivity index (χ4v) is 1.59. The summed E-state index contributed by atoms with van der Waals surface area (Å²) in [6, 6.07) is -0.0620. The van der Waals surface area contributed by atoms with Gasteiger partial charge in [0.1, 0.15) is 6.20 Å². The van der Waals surface area contributed by atoms with Crippen molar-refractivity contribution in [2.45, 2.75) is 32.7 Å². The molecule has 19 heavy (non-hydrogen) atoms. The standard InChI is InChI=1S/C11H19N5O3/c1-3-8(5-6-17)14-10-9(16(18)19)7-13-11(15-10)12-4-2/h7-8,17H,3-6H2,1-2H3,(H2,12,13,14,15). The Morgan fingerprint density at radius 1 is 1.53 bits per heavy atom. The van der Waals surface area contributed by atoms with Gasteiger partial charge in [-0.3, -0.25) is 10.1 Å². The average molecular weight is 269 g/mol. The summed E-state index contributed by atoms with van der Waals surface area (Å²) in [6.45, 7) is 4.47. The molecule has 8 nitrogen and oxygen atoms in total. The molecular formula is C11H19N5O3. The minimum Gasteiger partial charge on any atom is -0.396 e. The van der Waals surface area contributed by atoms with Crippen LogP contribution < -0.4 is 10.6 Å². The van der Waals surface area contributed by atoms with Gasteiger partial charge in [-0.15, -0.1) is 0 Å². The summed E-state index contributed by atoms with van der Waals surface area (Å²) in [5.41, 5.74) is -0.168. The smallest absolute Gasteiger partial charge is 0.329 e. The summed E-state index contributed by atoms with van der Waals surface area (Å²) in [6.07, 6.45) is 2.42. The lowest BCUT2D eigenvalue weighted by molar-refractivity contribution is -0.384. The molecule has 0 aliphatic heterocycles. The Labute approximate surface area is 111 Å². The predicted octanol–water partition coefficient (Wildman–Crippen LogP) is 1.39. The molecule has 1 heterocycles. The maximum atomic E-state index is 10.9. The van der Waals surface area contributed by atoms with Crippen molar-refractivity contribution < 1.29 is 10.0 Å². The van der Waals surface area contributed by atoms with Crippen LogP contribution in [0.2, 0.25) is 0 Å². The maximum absolute atomic E-state index is 10.9. The molecular weight excluding hydrogens is 250 g/mol. The monoisotopic (exact) mass is 269 g/mol. The molecule has 1 atom stereocenters. The van der Waals surface area contributed by atoms with Crippen molar-refractivity contribution in [2.24, 2.45) is 0 Å². The lowest BCUT2D eigenvalue weighted by Gasteiger charge is -2.16. The van der Waals surface area contributed by atoms with Crippen molar-refractivity contribution in [3.8, 4) is 0 Å². The van der Waals surface area contributed by atoms with Gasteiger partial charge < -0.3 is 15.7 Å². The van der Waals surface area contributed by atoms with E-state index in [-0.39, 0.29) is 24.2 Å². The third kappa shape index (κ3) is 4.32. The van der Waals surface area contributed by atoms with Crippen molar-refractivity contribution in [3.05, 3.63) is 16.3 Å². The van der Waals surface area contributed by atoms with Crippen LogP contribution in [-0.4, -0.2) is 39.2 Å². The number of aromatic nitrogens is 2. The fourth-order valence-electron chi connectivity index (χ4n) is 1.59. The molecule has 106 valence electrons. The molecule has 0 aliphatic rings. The van der Waals surface area contributed by atoms with Crippen LogP contribution in [0.3, 0.4) is 0 Å². The molecule has 0 spiro atoms. The number of anilines is 2. The summed E-state index contributed by atoms with van der Waals surface area (Å²) < 4.78 is 0. The molecule has 1 aromatic rings. The van der Waals surface area contributed by atoms with Crippen molar-refractivity contribution in [3.63, 3.8) is 0 Å². The number of nitrogens with zero attached hydrogens (tertiary/aromatic N) is 3. The second kappa shape index (κ2) is 7.47. The minimum atomic E-state index is -0.524. The number of aliphatic hydroxyl groups excluding tert-OH is 1. The van der Waals surface area contributed by atoms with Gasteiger partial charge in [0.05, 0.1) is 4.92 Å². The van der Waals surface area contributed by atoms with Crippen LogP contribution in [0.25, 0.3) is 0 Å². The zero-order chi connectivity index (χ0) is 14.3. The third-order valence-electron chi connectivity index (χ3n) is 2.61. The normalized spacial score (nSPS) is 11.9. The molecule has 3 N–H and O–H groups in total. The fraction of sp³-hybridized carbons (Fsp3) is 0.636. The quantitative estimate of drug-likeness (QED) is 0.482. The van der Waals surface area contributed by atoms with E-state index in [4.69, 9.17) is 5.11 Å². The van der Waals surface area contributed by atoms with E-state index in [0.29, 0.717) is 18.9 Å². The van der Waals surface area contributed by atoms with E-state index in [1.165, 1.54) is 6.20 Å². The molecule has 1 unspecified atom stereocenters. The molecule has 1 rings (SSSR count). The largest absolute Gasteiger partial charge is 0.396 e. The summed E-state index contributed by atoms with van der Waals surface area (Å²) in [7, 11) is 0. The Hall–Kier alpha value is -1.96. The van der Waals surface area contributed by atoms with E-state index in [1.807, 2.05) is 13.8 Å². The first-order chi connectivity index (χ1) is 9.12. The Kier molecular flexibility index (Phi) is 5.94. The summed E-state index contributed by atoms with van der Waals surface area (Å²) >= 11 is 0. The van der Waals surface area contributed by atoms with Crippen LogP contribution in [0.1, 0.15) is 26.7 Å². The van der Waals surface area contributed by atoms with Gasteiger partial charge in [0.2, 0.25) is 11.8 Å². The molecule has 0 bridgehead atoms. The topological polar surface area (TPSA) is 113 Å². The van der Waals surface area contributed by atoms with Gasteiger partial charge in [-0.1, -0.05) is 6.92 Å². The molecule has 0 fully saturated rings. The zero-order valence-electron chi connectivity index (χ0n) is 11.1. The predicted molar refractivity (Wildman–Crippen MR) is 72.3 cm³/mol. The Morgan fingerprint density at radius 3 is 2.79 bits per heavy atom. The molecule has 1 aromatic heterocycles. The second-order valence-electron chi connectivity index (χ2n) is 3.98. The molecule has 8 heteroatoms. The van der Waals surface area contributed by atoms with Gasteiger partial charge in [0.25, 0.3) is 0 Å². The van der Waals surface area contributed by atoms with Crippen LogP contribution in [0, 0.1) is 10.1 Å². The van der Waals surface area contributed by atoms with Crippen LogP contribution in [-0.2, 0) is 0 Å². The SMILES string of the molecule is CCNc1ncc([N+](=O)[O-])c(NC(CC)CCO)n1. The van der Waals surface area contributed by atoms with Crippen molar-refractivity contribution in [1.29, 1.82) is 0 Å². The molecule has 0 saturated carbocycles. The first kappa shape index (κ1) is 15.1. The number of aliphatic hydroxyl groups is 1. The Bertz CT molecular complexity index is 427. The Balaban J connectivity index is 2.99. The molecule has 0 aromatic carbocycles. The van der Waals surface area contributed by atoms with E-state index in [1.54, 1.807) is 0 Å². The Morgan fingerprint density at radius 2 is 2.26 bits per heavy atom. The van der Waals surface area contributed by atoms with Crippen molar-refractivity contribution in [2.75, 3.05) is 23.8 Å². The number of nitro groups is 1. The van der Waals surface area contributed by atoms with E-state index < -0.39 is 4.92 Å². The van der Waals surface area contributed by atoms with Gasteiger partial charge in [0, 0.05) is 19.2 Å². The van der Waals surface area contributed by atoms with E-state index in [2.05, 4.69) is 20.6 Å². The van der Waals surface area contributed by atoms with E-state index in [0.717, 1.165) is 6.42 Å². The molecule has 0 aliphatic carbocycles. The minimum absolute atomic E-state index is 0.0183. The van der Waals surface area contributed by atoms with Gasteiger partial charge in [-0.25, -0.2) is 4.98 Å². The van der Waals surface area contributed by atoms with Crippen molar-refractivity contribution in [1.82, 2.24) is 9.97 Å². The summed E-state index contributed by atoms with van der Waals surface area (Å²) in [5.74, 6) is 0.519. The average Bonchev–Trinajstić information content (AvgIpc) is 2.38. The van der Waals surface area contributed by atoms with Gasteiger partial charge >= 0.3 is 5.69 Å². The molecule has 0 saturated heterocycles. The molecule has 0 amide bonds. The number of nitrogens with one attached hydrogen (secondary N) is 2. The van der Waals surface area contributed by atoms with Crippen LogP contribution in [0.15, 0.2) is 6.20 Å². The number of hydrogen-bond acceptors (Lipinski definition) is 7. The highest BCUT2D eigenvalue weighted by Crippen LogP contribution is 2.23. The van der Waals surface area contributed by atoms with Gasteiger partial charge in [-0.05, 0) is 19.8 Å². The second-order valence-corrected chi connectivity index (χ2v) is 3.98. The van der Waals surface area contributed by atoms with E-state index >= 15 is 0 Å². The summed E-state index contributed by atoms with van der Waals surface area (Å²) in [5, 5.41) is 25.8. The van der Waals surface area contributed by atoms with Crippen molar-refractivity contribution >= 4 is 17.5 Å². The highest BCUT2D eigenvalue weighted by atomic mass is 16.6. The number of rotatable bonds is 8. The molecule has 0 radical (unpaired) electrons. The van der Waals surface area contributed by atoms with E-state index in [9.17, 15) is 10.1 Å². The highest BCUT2D eigenvalue weighted by molar-refractivity contribution is 5.57. The lowest BCUT2D eigenvalue weighted by atomic mass is 10.1. The van der Waals surface area contributed by atoms with Crippen LogP contribution in [0.5, 0.6) is 0 Å². The lowest BCUT2D eigenvalue weighted by Crippen LogP contribution is -2.21. The summed E-state index contributed by atoms with van der Waals surface area (Å²) in [4.78, 5) is 18.4. The first-order valence-corrected chi connectivity index (χ1v) is 6.25. The van der Waals surface area contributed by atoms with Crippen LogP contribution in [0.4, 0.5) is 17.5 Å². The zero-order valence-corrected chi connectivity index (χ0v) is 11.1. The maximum Gasteiger partial charge on any atom is 0.329 e.